The van der Waals surface area contributed by atoms with Crippen molar-refractivity contribution >= 4 is 16.7 Å². The van der Waals surface area contributed by atoms with Crippen LogP contribution < -0.4 is 5.73 Å². The lowest BCUT2D eigenvalue weighted by atomic mass is 10.1. The van der Waals surface area contributed by atoms with Crippen LogP contribution in [0.15, 0.2) is 36.4 Å². The number of nitrogens with zero attached hydrogens (tertiary/aromatic N) is 2. The molecule has 1 aromatic heterocycles. The number of hydrogen-bond acceptors (Lipinski definition) is 3. The van der Waals surface area contributed by atoms with Gasteiger partial charge in [-0.2, -0.15) is 0 Å². The van der Waals surface area contributed by atoms with Crippen molar-refractivity contribution in [2.45, 2.75) is 26.8 Å². The van der Waals surface area contributed by atoms with Crippen LogP contribution in [0.3, 0.4) is 0 Å². The average molecular weight is 295 g/mol. The van der Waals surface area contributed by atoms with Crippen LogP contribution in [0.5, 0.6) is 0 Å². The van der Waals surface area contributed by atoms with E-state index < -0.39 is 0 Å². The van der Waals surface area contributed by atoms with Crippen molar-refractivity contribution in [3.05, 3.63) is 47.5 Å². The standard InChI is InChI=1S/C18H21N3O/c1-12-10-16-17(11-13(12)2)21(8-3-9-22)18(20-16)14-4-6-15(19)7-5-14/h4-7,10-11,22H,3,8-9,19H2,1-2H3. The summed E-state index contributed by atoms with van der Waals surface area (Å²) in [4.78, 5) is 4.81. The number of aliphatic hydroxyl groups excluding tert-OH is 1. The molecule has 1 heterocycles. The molecule has 3 aromatic rings. The SMILES string of the molecule is Cc1cc2nc(-c3ccc(N)cc3)n(CCCO)c2cc1C. The zero-order chi connectivity index (χ0) is 15.7. The summed E-state index contributed by atoms with van der Waals surface area (Å²) < 4.78 is 2.18. The predicted molar refractivity (Wildman–Crippen MR) is 90.8 cm³/mol. The second-order valence-electron chi connectivity index (χ2n) is 5.71. The van der Waals surface area contributed by atoms with E-state index in [1.165, 1.54) is 11.1 Å². The van der Waals surface area contributed by atoms with E-state index in [1.807, 2.05) is 24.3 Å². The van der Waals surface area contributed by atoms with Crippen molar-refractivity contribution in [2.24, 2.45) is 0 Å². The third-order valence-corrected chi connectivity index (χ3v) is 4.07. The van der Waals surface area contributed by atoms with Crippen LogP contribution in [0.4, 0.5) is 5.69 Å². The zero-order valence-electron chi connectivity index (χ0n) is 13.0. The lowest BCUT2D eigenvalue weighted by Crippen LogP contribution is -2.03. The maximum Gasteiger partial charge on any atom is 0.141 e. The molecule has 0 atom stereocenters. The molecule has 4 nitrogen and oxygen atoms in total. The highest BCUT2D eigenvalue weighted by Crippen LogP contribution is 2.27. The average Bonchev–Trinajstić information content (AvgIpc) is 2.84. The largest absolute Gasteiger partial charge is 0.399 e. The Morgan fingerprint density at radius 1 is 1.09 bits per heavy atom. The Hall–Kier alpha value is -2.33. The predicted octanol–water partition coefficient (Wildman–Crippen LogP) is 3.28. The number of aromatic nitrogens is 2. The number of nitrogens with two attached hydrogens (primary N) is 1. The Kier molecular flexibility index (Phi) is 3.86. The minimum absolute atomic E-state index is 0.172. The van der Waals surface area contributed by atoms with Crippen molar-refractivity contribution in [3.8, 4) is 11.4 Å². The van der Waals surface area contributed by atoms with Gasteiger partial charge in [0.15, 0.2) is 0 Å². The second kappa shape index (κ2) is 5.81. The molecule has 0 radical (unpaired) electrons. The second-order valence-corrected chi connectivity index (χ2v) is 5.71. The van der Waals surface area contributed by atoms with Crippen LogP contribution in [-0.2, 0) is 6.54 Å². The maximum atomic E-state index is 9.18. The molecule has 0 amide bonds. The molecule has 0 unspecified atom stereocenters. The first-order valence-corrected chi connectivity index (χ1v) is 7.54. The fraction of sp³-hybridized carbons (Fsp3) is 0.278. The van der Waals surface area contributed by atoms with Crippen molar-refractivity contribution in [2.75, 3.05) is 12.3 Å². The lowest BCUT2D eigenvalue weighted by molar-refractivity contribution is 0.281. The van der Waals surface area contributed by atoms with Crippen molar-refractivity contribution in [1.29, 1.82) is 0 Å². The van der Waals surface area contributed by atoms with Crippen molar-refractivity contribution in [1.82, 2.24) is 9.55 Å². The van der Waals surface area contributed by atoms with Crippen LogP contribution in [0.25, 0.3) is 22.4 Å². The van der Waals surface area contributed by atoms with Crippen LogP contribution in [0, 0.1) is 13.8 Å². The first-order chi connectivity index (χ1) is 10.6. The minimum Gasteiger partial charge on any atom is -0.399 e. The van der Waals surface area contributed by atoms with E-state index in [0.717, 1.165) is 34.7 Å². The number of aliphatic hydroxyl groups is 1. The van der Waals surface area contributed by atoms with Gasteiger partial charge in [0.2, 0.25) is 0 Å². The number of anilines is 1. The van der Waals surface area contributed by atoms with Gasteiger partial charge in [0.25, 0.3) is 0 Å². The third-order valence-electron chi connectivity index (χ3n) is 4.07. The molecular formula is C18H21N3O. The highest BCUT2D eigenvalue weighted by molar-refractivity contribution is 5.82. The number of fused-ring (bicyclic) bond motifs is 1. The summed E-state index contributed by atoms with van der Waals surface area (Å²) in [6.07, 6.45) is 0.709. The molecule has 0 spiro atoms. The Bertz CT molecular complexity index is 803. The fourth-order valence-electron chi connectivity index (χ4n) is 2.69. The van der Waals surface area contributed by atoms with E-state index in [9.17, 15) is 5.11 Å². The zero-order valence-corrected chi connectivity index (χ0v) is 13.0. The molecule has 0 aliphatic rings. The Morgan fingerprint density at radius 2 is 1.77 bits per heavy atom. The molecule has 2 aromatic carbocycles. The summed E-state index contributed by atoms with van der Waals surface area (Å²) in [5, 5.41) is 9.18. The first kappa shape index (κ1) is 14.6. The number of aryl methyl sites for hydroxylation is 3. The summed E-state index contributed by atoms with van der Waals surface area (Å²) in [5.74, 6) is 0.924. The van der Waals surface area contributed by atoms with Gasteiger partial charge in [-0.3, -0.25) is 0 Å². The van der Waals surface area contributed by atoms with Crippen LogP contribution in [0.2, 0.25) is 0 Å². The molecule has 114 valence electrons. The van der Waals surface area contributed by atoms with Crippen LogP contribution in [-0.4, -0.2) is 21.3 Å². The number of imidazole rings is 1. The minimum atomic E-state index is 0.172. The molecule has 4 heteroatoms. The van der Waals surface area contributed by atoms with Crippen molar-refractivity contribution in [3.63, 3.8) is 0 Å². The molecule has 0 saturated carbocycles. The van der Waals surface area contributed by atoms with Gasteiger partial charge in [0.1, 0.15) is 5.82 Å². The monoisotopic (exact) mass is 295 g/mol. The van der Waals surface area contributed by atoms with E-state index in [-0.39, 0.29) is 6.61 Å². The molecule has 0 bridgehead atoms. The van der Waals surface area contributed by atoms with Gasteiger partial charge in [-0.1, -0.05) is 0 Å². The van der Waals surface area contributed by atoms with E-state index in [4.69, 9.17) is 10.7 Å². The summed E-state index contributed by atoms with van der Waals surface area (Å²) in [6, 6.07) is 12.1. The lowest BCUT2D eigenvalue weighted by Gasteiger charge is -2.09. The maximum absolute atomic E-state index is 9.18. The van der Waals surface area contributed by atoms with Gasteiger partial charge in [-0.05, 0) is 67.8 Å². The number of benzene rings is 2. The Morgan fingerprint density at radius 3 is 2.45 bits per heavy atom. The smallest absolute Gasteiger partial charge is 0.141 e. The molecule has 0 fully saturated rings. The fourth-order valence-corrected chi connectivity index (χ4v) is 2.69. The summed E-state index contributed by atoms with van der Waals surface area (Å²) in [6.45, 7) is 5.13. The molecule has 0 saturated heterocycles. The molecule has 0 aliphatic carbocycles. The molecular weight excluding hydrogens is 274 g/mol. The number of nitrogen functional groups attached to an aromatic ring is 1. The quantitative estimate of drug-likeness (QED) is 0.726. The summed E-state index contributed by atoms with van der Waals surface area (Å²) in [5.41, 5.74) is 12.2. The van der Waals surface area contributed by atoms with Gasteiger partial charge in [0, 0.05) is 24.4 Å². The van der Waals surface area contributed by atoms with Crippen LogP contribution >= 0.6 is 0 Å². The van der Waals surface area contributed by atoms with E-state index in [1.54, 1.807) is 0 Å². The Labute approximate surface area is 130 Å². The Balaban J connectivity index is 2.21. The van der Waals surface area contributed by atoms with E-state index in [2.05, 4.69) is 30.5 Å². The van der Waals surface area contributed by atoms with E-state index >= 15 is 0 Å². The van der Waals surface area contributed by atoms with E-state index in [0.29, 0.717) is 6.42 Å². The van der Waals surface area contributed by atoms with Gasteiger partial charge in [-0.25, -0.2) is 4.98 Å². The van der Waals surface area contributed by atoms with Gasteiger partial charge >= 0.3 is 0 Å². The summed E-state index contributed by atoms with van der Waals surface area (Å²) in [7, 11) is 0. The normalized spacial score (nSPS) is 11.2. The van der Waals surface area contributed by atoms with Gasteiger partial charge in [0.05, 0.1) is 11.0 Å². The topological polar surface area (TPSA) is 64.1 Å². The highest BCUT2D eigenvalue weighted by Gasteiger charge is 2.13. The number of hydrogen-bond donors (Lipinski definition) is 2. The molecule has 22 heavy (non-hydrogen) atoms. The molecule has 3 rings (SSSR count). The number of rotatable bonds is 4. The third kappa shape index (κ3) is 2.57. The van der Waals surface area contributed by atoms with Crippen molar-refractivity contribution < 1.29 is 5.11 Å². The summed E-state index contributed by atoms with van der Waals surface area (Å²) >= 11 is 0. The first-order valence-electron chi connectivity index (χ1n) is 7.54. The molecule has 0 aliphatic heterocycles. The van der Waals surface area contributed by atoms with Crippen LogP contribution in [0.1, 0.15) is 17.5 Å². The highest BCUT2D eigenvalue weighted by atomic mass is 16.3. The molecule has 3 N–H and O–H groups in total. The van der Waals surface area contributed by atoms with Gasteiger partial charge < -0.3 is 15.4 Å². The van der Waals surface area contributed by atoms with Gasteiger partial charge in [-0.15, -0.1) is 0 Å².